The maximum absolute atomic E-state index is 6.92. The summed E-state index contributed by atoms with van der Waals surface area (Å²) in [6.45, 7) is 0. The molecule has 13 rings (SSSR count). The third kappa shape index (κ3) is 5.55. The SMILES string of the molecule is c1ccc(-c2ccc(-c3nc(-c4ccccc4)nc(-n4c5ccccc5c5c(-c6ccc7c(c6)c6ccccc6n7-c6ccccc6)cc6c7ccccc7oc6c54)n3)cc2)cc1. The second kappa shape index (κ2) is 14.0. The molecule has 0 aliphatic carbocycles. The molecule has 0 spiro atoms. The van der Waals surface area contributed by atoms with Gasteiger partial charge < -0.3 is 8.98 Å². The van der Waals surface area contributed by atoms with Gasteiger partial charge in [0.25, 0.3) is 0 Å². The summed E-state index contributed by atoms with van der Waals surface area (Å²) >= 11 is 0. The first kappa shape index (κ1) is 35.2. The minimum absolute atomic E-state index is 0.512. The Balaban J connectivity index is 1.11. The summed E-state index contributed by atoms with van der Waals surface area (Å²) in [4.78, 5) is 15.8. The predicted molar refractivity (Wildman–Crippen MR) is 258 cm³/mol. The molecule has 9 aromatic carbocycles. The van der Waals surface area contributed by atoms with Crippen molar-refractivity contribution in [3.05, 3.63) is 212 Å². The van der Waals surface area contributed by atoms with E-state index in [9.17, 15) is 0 Å². The lowest BCUT2D eigenvalue weighted by atomic mass is 9.95. The van der Waals surface area contributed by atoms with Gasteiger partial charge >= 0.3 is 0 Å². The lowest BCUT2D eigenvalue weighted by Crippen LogP contribution is -2.06. The molecule has 4 aromatic heterocycles. The van der Waals surface area contributed by atoms with Crippen LogP contribution in [0.25, 0.3) is 122 Å². The molecule has 0 atom stereocenters. The molecule has 6 nitrogen and oxygen atoms in total. The Labute approximate surface area is 361 Å². The number of rotatable bonds is 6. The molecular formula is C57H35N5O. The van der Waals surface area contributed by atoms with Crippen LogP contribution in [0.1, 0.15) is 0 Å². The lowest BCUT2D eigenvalue weighted by Gasteiger charge is -2.12. The summed E-state index contributed by atoms with van der Waals surface area (Å²) < 4.78 is 11.5. The topological polar surface area (TPSA) is 61.7 Å². The molecule has 0 bridgehead atoms. The van der Waals surface area contributed by atoms with Gasteiger partial charge in [-0.15, -0.1) is 0 Å². The quantitative estimate of drug-likeness (QED) is 0.168. The second-order valence-electron chi connectivity index (χ2n) is 16.0. The molecule has 0 fully saturated rings. The van der Waals surface area contributed by atoms with Crippen molar-refractivity contribution < 1.29 is 4.42 Å². The van der Waals surface area contributed by atoms with Crippen LogP contribution >= 0.6 is 0 Å². The van der Waals surface area contributed by atoms with Crippen LogP contribution in [0.3, 0.4) is 0 Å². The van der Waals surface area contributed by atoms with Gasteiger partial charge in [0, 0.05) is 49.1 Å². The monoisotopic (exact) mass is 805 g/mol. The van der Waals surface area contributed by atoms with E-state index < -0.39 is 0 Å². The van der Waals surface area contributed by atoms with Crippen molar-refractivity contribution in [1.82, 2.24) is 24.1 Å². The first-order chi connectivity index (χ1) is 31.2. The summed E-state index contributed by atoms with van der Waals surface area (Å²) in [7, 11) is 0. The first-order valence-electron chi connectivity index (χ1n) is 21.2. The van der Waals surface area contributed by atoms with Crippen LogP contribution in [0.5, 0.6) is 0 Å². The van der Waals surface area contributed by atoms with E-state index in [0.717, 1.165) is 88.3 Å². The van der Waals surface area contributed by atoms with Crippen molar-refractivity contribution >= 4 is 65.6 Å². The summed E-state index contributed by atoms with van der Waals surface area (Å²) in [5.74, 6) is 1.69. The van der Waals surface area contributed by atoms with E-state index >= 15 is 0 Å². The molecule has 0 radical (unpaired) electrons. The Bertz CT molecular complexity index is 3890. The number of aromatic nitrogens is 5. The average molecular weight is 806 g/mol. The first-order valence-corrected chi connectivity index (χ1v) is 21.2. The highest BCUT2D eigenvalue weighted by atomic mass is 16.3. The van der Waals surface area contributed by atoms with Crippen molar-refractivity contribution in [2.45, 2.75) is 0 Å². The number of furan rings is 1. The van der Waals surface area contributed by atoms with E-state index in [1.165, 1.54) is 16.3 Å². The molecular weight excluding hydrogens is 771 g/mol. The summed E-state index contributed by atoms with van der Waals surface area (Å²) in [5.41, 5.74) is 13.2. The molecule has 0 N–H and O–H groups in total. The van der Waals surface area contributed by atoms with E-state index in [1.807, 2.05) is 48.5 Å². The Kier molecular flexibility index (Phi) is 7.80. The molecule has 13 aromatic rings. The van der Waals surface area contributed by atoms with Gasteiger partial charge in [-0.05, 0) is 70.8 Å². The molecule has 0 unspecified atom stereocenters. The lowest BCUT2D eigenvalue weighted by molar-refractivity contribution is 0.670. The Morgan fingerprint density at radius 1 is 0.349 bits per heavy atom. The van der Waals surface area contributed by atoms with Gasteiger partial charge in [-0.25, -0.2) is 4.98 Å². The molecule has 6 heteroatoms. The van der Waals surface area contributed by atoms with Crippen LogP contribution in [0, 0.1) is 0 Å². The fourth-order valence-electron chi connectivity index (χ4n) is 9.51. The van der Waals surface area contributed by atoms with Crippen molar-refractivity contribution in [3.63, 3.8) is 0 Å². The summed E-state index contributed by atoms with van der Waals surface area (Å²) in [5, 5.41) is 6.61. The third-order valence-electron chi connectivity index (χ3n) is 12.4. The van der Waals surface area contributed by atoms with Crippen molar-refractivity contribution in [2.24, 2.45) is 0 Å². The number of benzene rings is 9. The van der Waals surface area contributed by atoms with Crippen LogP contribution in [-0.4, -0.2) is 24.1 Å². The standard InChI is InChI=1S/C57H35N5O/c1-4-16-36(17-5-1)37-28-30-39(31-29-37)56-58-55(38-18-6-2-7-19-38)59-57(60-56)62-49-26-14-11-24-44(49)52-45(35-47-43-23-12-15-27-51(43)63-54(47)53(52)62)40-32-33-50-46(34-40)42-22-10-13-25-48(42)61(50)41-20-8-3-9-21-41/h1-35H. The molecule has 0 amide bonds. The Morgan fingerprint density at radius 3 is 1.60 bits per heavy atom. The highest BCUT2D eigenvalue weighted by Crippen LogP contribution is 2.46. The maximum atomic E-state index is 6.92. The zero-order valence-electron chi connectivity index (χ0n) is 33.9. The van der Waals surface area contributed by atoms with E-state index in [0.29, 0.717) is 17.6 Å². The molecule has 63 heavy (non-hydrogen) atoms. The smallest absolute Gasteiger partial charge is 0.238 e. The fraction of sp³-hybridized carbons (Fsp3) is 0. The molecule has 0 aliphatic rings. The van der Waals surface area contributed by atoms with Crippen molar-refractivity contribution in [1.29, 1.82) is 0 Å². The van der Waals surface area contributed by atoms with Crippen molar-refractivity contribution in [2.75, 3.05) is 0 Å². The zero-order valence-corrected chi connectivity index (χ0v) is 33.9. The van der Waals surface area contributed by atoms with E-state index in [-0.39, 0.29) is 0 Å². The second-order valence-corrected chi connectivity index (χ2v) is 16.0. The molecule has 4 heterocycles. The molecule has 0 saturated heterocycles. The summed E-state index contributed by atoms with van der Waals surface area (Å²) in [6.07, 6.45) is 0. The van der Waals surface area contributed by atoms with Gasteiger partial charge in [0.15, 0.2) is 17.2 Å². The fourth-order valence-corrected chi connectivity index (χ4v) is 9.51. The zero-order chi connectivity index (χ0) is 41.4. The third-order valence-corrected chi connectivity index (χ3v) is 12.4. The van der Waals surface area contributed by atoms with Crippen molar-refractivity contribution in [3.8, 4) is 56.7 Å². The van der Waals surface area contributed by atoms with Crippen LogP contribution < -0.4 is 0 Å². The Morgan fingerprint density at radius 2 is 0.873 bits per heavy atom. The predicted octanol–water partition coefficient (Wildman–Crippen LogP) is 14.6. The highest BCUT2D eigenvalue weighted by molar-refractivity contribution is 6.26. The molecule has 0 aliphatic heterocycles. The number of hydrogen-bond donors (Lipinski definition) is 0. The van der Waals surface area contributed by atoms with Gasteiger partial charge in [-0.3, -0.25) is 4.57 Å². The Hall–Kier alpha value is -8.61. The number of para-hydroxylation sites is 4. The van der Waals surface area contributed by atoms with Gasteiger partial charge in [-0.1, -0.05) is 164 Å². The minimum atomic E-state index is 0.512. The largest absolute Gasteiger partial charge is 0.454 e. The van der Waals surface area contributed by atoms with Crippen LogP contribution in [0.4, 0.5) is 0 Å². The van der Waals surface area contributed by atoms with Crippen LogP contribution in [-0.2, 0) is 0 Å². The van der Waals surface area contributed by atoms with Crippen LogP contribution in [0.2, 0.25) is 0 Å². The van der Waals surface area contributed by atoms with E-state index in [2.05, 4.69) is 173 Å². The van der Waals surface area contributed by atoms with Crippen LogP contribution in [0.15, 0.2) is 217 Å². The van der Waals surface area contributed by atoms with E-state index in [4.69, 9.17) is 19.4 Å². The summed E-state index contributed by atoms with van der Waals surface area (Å²) in [6, 6.07) is 74.4. The normalized spacial score (nSPS) is 11.8. The highest BCUT2D eigenvalue weighted by Gasteiger charge is 2.25. The average Bonchev–Trinajstić information content (AvgIpc) is 4.02. The maximum Gasteiger partial charge on any atom is 0.238 e. The number of nitrogens with zero attached hydrogens (tertiary/aromatic N) is 5. The van der Waals surface area contributed by atoms with Gasteiger partial charge in [-0.2, -0.15) is 9.97 Å². The van der Waals surface area contributed by atoms with Gasteiger partial charge in [0.05, 0.1) is 16.6 Å². The van der Waals surface area contributed by atoms with Gasteiger partial charge in [0.1, 0.15) is 11.1 Å². The minimum Gasteiger partial charge on any atom is -0.454 e. The van der Waals surface area contributed by atoms with Gasteiger partial charge in [0.2, 0.25) is 5.95 Å². The van der Waals surface area contributed by atoms with E-state index in [1.54, 1.807) is 0 Å². The molecule has 294 valence electrons. The molecule has 0 saturated carbocycles. The number of fused-ring (bicyclic) bond motifs is 10. The number of hydrogen-bond acceptors (Lipinski definition) is 4.